The van der Waals surface area contributed by atoms with E-state index < -0.39 is 0 Å². The molecule has 0 unspecified atom stereocenters. The zero-order chi connectivity index (χ0) is 19.8. The molecule has 1 fully saturated rings. The van der Waals surface area contributed by atoms with Crippen LogP contribution in [0.2, 0.25) is 0 Å². The Kier molecular flexibility index (Phi) is 4.89. The quantitative estimate of drug-likeness (QED) is 0.854. The predicted molar refractivity (Wildman–Crippen MR) is 105 cm³/mol. The number of anilines is 1. The van der Waals surface area contributed by atoms with Crippen molar-refractivity contribution in [3.8, 4) is 0 Å². The molecule has 2 heterocycles. The van der Waals surface area contributed by atoms with E-state index in [-0.39, 0.29) is 17.9 Å². The van der Waals surface area contributed by atoms with Crippen molar-refractivity contribution in [3.05, 3.63) is 41.5 Å². The van der Waals surface area contributed by atoms with E-state index >= 15 is 0 Å². The molecule has 1 aromatic carbocycles. The standard InChI is InChI=1S/C20H26N6O2/c1-13-10-25(11-17-22-23-19(26(13)17)14-4-5-14)20(28)15-6-8-16(9-7-15)21-18(27)12-24(2)3/h6-9,13-14H,4-5,10-12H2,1-3H3,(H,21,27)/t13-/m0/s1. The van der Waals surface area contributed by atoms with Crippen LogP contribution in [0.5, 0.6) is 0 Å². The molecular weight excluding hydrogens is 356 g/mol. The molecule has 1 saturated carbocycles. The first-order valence-corrected chi connectivity index (χ1v) is 9.70. The van der Waals surface area contributed by atoms with E-state index in [1.165, 1.54) is 12.8 Å². The van der Waals surface area contributed by atoms with Crippen molar-refractivity contribution in [2.24, 2.45) is 0 Å². The van der Waals surface area contributed by atoms with Crippen molar-refractivity contribution in [2.75, 3.05) is 32.5 Å². The van der Waals surface area contributed by atoms with E-state index in [9.17, 15) is 9.59 Å². The number of nitrogens with zero attached hydrogens (tertiary/aromatic N) is 5. The lowest BCUT2D eigenvalue weighted by Crippen LogP contribution is -2.40. The van der Waals surface area contributed by atoms with Gasteiger partial charge in [0.05, 0.1) is 19.1 Å². The largest absolute Gasteiger partial charge is 0.329 e. The second-order valence-corrected chi connectivity index (χ2v) is 8.02. The van der Waals surface area contributed by atoms with Crippen LogP contribution >= 0.6 is 0 Å². The average molecular weight is 382 g/mol. The van der Waals surface area contributed by atoms with Gasteiger partial charge in [-0.1, -0.05) is 0 Å². The summed E-state index contributed by atoms with van der Waals surface area (Å²) in [6, 6.07) is 7.22. The van der Waals surface area contributed by atoms with Gasteiger partial charge in [0.2, 0.25) is 5.91 Å². The fourth-order valence-corrected chi connectivity index (χ4v) is 3.70. The highest BCUT2D eigenvalue weighted by atomic mass is 16.2. The van der Waals surface area contributed by atoms with Gasteiger partial charge in [0.15, 0.2) is 5.82 Å². The molecule has 4 rings (SSSR count). The maximum atomic E-state index is 13.0. The van der Waals surface area contributed by atoms with E-state index in [0.29, 0.717) is 36.8 Å². The lowest BCUT2D eigenvalue weighted by Gasteiger charge is -2.32. The Morgan fingerprint density at radius 3 is 2.54 bits per heavy atom. The van der Waals surface area contributed by atoms with Gasteiger partial charge in [-0.05, 0) is 58.1 Å². The number of aromatic nitrogens is 3. The Balaban J connectivity index is 1.43. The Morgan fingerprint density at radius 1 is 1.18 bits per heavy atom. The van der Waals surface area contributed by atoms with Crippen molar-refractivity contribution < 1.29 is 9.59 Å². The van der Waals surface area contributed by atoms with Crippen LogP contribution in [-0.2, 0) is 11.3 Å². The highest BCUT2D eigenvalue weighted by Gasteiger charge is 2.35. The fraction of sp³-hybridized carbons (Fsp3) is 0.500. The molecule has 2 aromatic rings. The molecule has 0 radical (unpaired) electrons. The smallest absolute Gasteiger partial charge is 0.254 e. The number of carbonyl (C=O) groups is 2. The highest BCUT2D eigenvalue weighted by Crippen LogP contribution is 2.41. The van der Waals surface area contributed by atoms with Gasteiger partial charge in [0.25, 0.3) is 5.91 Å². The Bertz CT molecular complexity index is 885. The number of carbonyl (C=O) groups excluding carboxylic acids is 2. The number of amides is 2. The first-order valence-electron chi connectivity index (χ1n) is 9.70. The van der Waals surface area contributed by atoms with Crippen molar-refractivity contribution in [3.63, 3.8) is 0 Å². The van der Waals surface area contributed by atoms with Gasteiger partial charge in [-0.25, -0.2) is 0 Å². The minimum absolute atomic E-state index is 0.0276. The molecular formula is C20H26N6O2. The second kappa shape index (κ2) is 7.35. The zero-order valence-electron chi connectivity index (χ0n) is 16.6. The zero-order valence-corrected chi connectivity index (χ0v) is 16.6. The van der Waals surface area contributed by atoms with Crippen LogP contribution in [0, 0.1) is 0 Å². The summed E-state index contributed by atoms with van der Waals surface area (Å²) in [5.41, 5.74) is 1.29. The van der Waals surface area contributed by atoms with Gasteiger partial charge in [0.1, 0.15) is 5.82 Å². The van der Waals surface area contributed by atoms with Crippen LogP contribution in [0.15, 0.2) is 24.3 Å². The summed E-state index contributed by atoms with van der Waals surface area (Å²) in [7, 11) is 3.69. The third-order valence-electron chi connectivity index (χ3n) is 5.16. The van der Waals surface area contributed by atoms with Crippen molar-refractivity contribution in [1.82, 2.24) is 24.6 Å². The molecule has 2 aliphatic rings. The van der Waals surface area contributed by atoms with Gasteiger partial charge in [-0.15, -0.1) is 10.2 Å². The van der Waals surface area contributed by atoms with E-state index in [0.717, 1.165) is 11.6 Å². The molecule has 1 N–H and O–H groups in total. The molecule has 2 amide bonds. The minimum atomic E-state index is -0.0836. The van der Waals surface area contributed by atoms with E-state index in [2.05, 4.69) is 27.0 Å². The van der Waals surface area contributed by atoms with Gasteiger partial charge < -0.3 is 19.7 Å². The van der Waals surface area contributed by atoms with E-state index in [1.807, 2.05) is 19.0 Å². The predicted octanol–water partition coefficient (Wildman–Crippen LogP) is 1.87. The molecule has 8 heteroatoms. The molecule has 0 spiro atoms. The maximum Gasteiger partial charge on any atom is 0.254 e. The number of rotatable bonds is 5. The first-order chi connectivity index (χ1) is 13.4. The molecule has 1 aliphatic carbocycles. The second-order valence-electron chi connectivity index (χ2n) is 8.02. The third-order valence-corrected chi connectivity index (χ3v) is 5.16. The molecule has 8 nitrogen and oxygen atoms in total. The topological polar surface area (TPSA) is 83.4 Å². The summed E-state index contributed by atoms with van der Waals surface area (Å²) in [6.45, 7) is 3.55. The van der Waals surface area contributed by atoms with Crippen LogP contribution in [-0.4, -0.2) is 63.6 Å². The third kappa shape index (κ3) is 3.77. The summed E-state index contributed by atoms with van der Waals surface area (Å²) in [4.78, 5) is 28.4. The van der Waals surface area contributed by atoms with Gasteiger partial charge in [-0.3, -0.25) is 9.59 Å². The summed E-state index contributed by atoms with van der Waals surface area (Å²) >= 11 is 0. The van der Waals surface area contributed by atoms with Crippen LogP contribution in [0.25, 0.3) is 0 Å². The number of nitrogens with one attached hydrogen (secondary N) is 1. The molecule has 1 aromatic heterocycles. The monoisotopic (exact) mass is 382 g/mol. The Hall–Kier alpha value is -2.74. The molecule has 1 atom stereocenters. The number of likely N-dealkylation sites (N-methyl/N-ethyl adjacent to an activating group) is 1. The maximum absolute atomic E-state index is 13.0. The SMILES string of the molecule is C[C@H]1CN(C(=O)c2ccc(NC(=O)CN(C)C)cc2)Cc2nnc(C3CC3)n21. The van der Waals surface area contributed by atoms with E-state index in [4.69, 9.17) is 0 Å². The molecule has 28 heavy (non-hydrogen) atoms. The summed E-state index contributed by atoms with van der Waals surface area (Å²) < 4.78 is 2.21. The first kappa shape index (κ1) is 18.6. The molecule has 0 bridgehead atoms. The Labute approximate surface area is 164 Å². The van der Waals surface area contributed by atoms with Gasteiger partial charge >= 0.3 is 0 Å². The van der Waals surface area contributed by atoms with Crippen molar-refractivity contribution in [2.45, 2.75) is 38.3 Å². The Morgan fingerprint density at radius 2 is 1.89 bits per heavy atom. The van der Waals surface area contributed by atoms with Crippen LogP contribution in [0.4, 0.5) is 5.69 Å². The number of benzene rings is 1. The summed E-state index contributed by atoms with van der Waals surface area (Å²) in [5, 5.41) is 11.5. The van der Waals surface area contributed by atoms with Gasteiger partial charge in [0, 0.05) is 23.7 Å². The van der Waals surface area contributed by atoms with Crippen molar-refractivity contribution >= 4 is 17.5 Å². The number of hydrogen-bond acceptors (Lipinski definition) is 5. The lowest BCUT2D eigenvalue weighted by molar-refractivity contribution is -0.116. The average Bonchev–Trinajstić information content (AvgIpc) is 3.40. The molecule has 148 valence electrons. The van der Waals surface area contributed by atoms with E-state index in [1.54, 1.807) is 29.2 Å². The van der Waals surface area contributed by atoms with Crippen LogP contribution in [0.1, 0.15) is 53.7 Å². The summed E-state index contributed by atoms with van der Waals surface area (Å²) in [6.07, 6.45) is 2.37. The van der Waals surface area contributed by atoms with Crippen LogP contribution in [0.3, 0.4) is 0 Å². The fourth-order valence-electron chi connectivity index (χ4n) is 3.70. The number of fused-ring (bicyclic) bond motifs is 1. The minimum Gasteiger partial charge on any atom is -0.329 e. The number of hydrogen-bond donors (Lipinski definition) is 1. The summed E-state index contributed by atoms with van der Waals surface area (Å²) in [5.74, 6) is 2.37. The normalized spacial score (nSPS) is 18.9. The molecule has 0 saturated heterocycles. The van der Waals surface area contributed by atoms with Crippen LogP contribution < -0.4 is 5.32 Å². The van der Waals surface area contributed by atoms with Crippen molar-refractivity contribution in [1.29, 1.82) is 0 Å². The lowest BCUT2D eigenvalue weighted by atomic mass is 10.1. The molecule has 1 aliphatic heterocycles. The van der Waals surface area contributed by atoms with Gasteiger partial charge in [-0.2, -0.15) is 0 Å². The highest BCUT2D eigenvalue weighted by molar-refractivity contribution is 5.96.